The Morgan fingerprint density at radius 1 is 1.21 bits per heavy atom. The Kier molecular flexibility index (Phi) is 6.77. The molecule has 1 aromatic heterocycles. The van der Waals surface area contributed by atoms with Crippen LogP contribution in [0.15, 0.2) is 42.5 Å². The molecule has 34 heavy (non-hydrogen) atoms. The lowest BCUT2D eigenvalue weighted by Gasteiger charge is -2.30. The number of nitrogens with two attached hydrogens (primary N) is 1. The Hall–Kier alpha value is -3.54. The molecule has 0 saturated carbocycles. The molecule has 2 aromatic carbocycles. The number of rotatable bonds is 5. The number of halogens is 2. The predicted octanol–water partition coefficient (Wildman–Crippen LogP) is 4.90. The van der Waals surface area contributed by atoms with Gasteiger partial charge in [0.05, 0.1) is 18.9 Å². The number of piperidine rings is 1. The van der Waals surface area contributed by atoms with Crippen molar-refractivity contribution in [2.75, 3.05) is 20.2 Å². The highest BCUT2D eigenvalue weighted by atomic mass is 19.1. The van der Waals surface area contributed by atoms with E-state index in [2.05, 4.69) is 4.85 Å². The van der Waals surface area contributed by atoms with Gasteiger partial charge in [0.25, 0.3) is 5.91 Å². The Balaban J connectivity index is 1.89. The lowest BCUT2D eigenvalue weighted by Crippen LogP contribution is -2.46. The monoisotopic (exact) mass is 464 g/mol. The van der Waals surface area contributed by atoms with Crippen LogP contribution in [0, 0.1) is 18.2 Å². The summed E-state index contributed by atoms with van der Waals surface area (Å²) >= 11 is 0. The van der Waals surface area contributed by atoms with Gasteiger partial charge >= 0.3 is 0 Å². The number of ether oxygens (including phenoxy) is 1. The molecule has 0 unspecified atom stereocenters. The molecule has 1 atom stereocenters. The van der Waals surface area contributed by atoms with Crippen molar-refractivity contribution in [2.24, 2.45) is 12.8 Å². The van der Waals surface area contributed by atoms with Crippen LogP contribution in [0.2, 0.25) is 0 Å². The van der Waals surface area contributed by atoms with Crippen LogP contribution in [-0.4, -0.2) is 41.6 Å². The minimum absolute atomic E-state index is 0.102. The third-order valence-corrected chi connectivity index (χ3v) is 6.18. The molecule has 1 saturated heterocycles. The Morgan fingerprint density at radius 2 is 1.91 bits per heavy atom. The van der Waals surface area contributed by atoms with E-state index in [-0.39, 0.29) is 28.6 Å². The highest BCUT2D eigenvalue weighted by Crippen LogP contribution is 2.39. The van der Waals surface area contributed by atoms with Crippen molar-refractivity contribution in [3.63, 3.8) is 0 Å². The summed E-state index contributed by atoms with van der Waals surface area (Å²) in [6, 6.07) is 11.2. The predicted molar refractivity (Wildman–Crippen MR) is 126 cm³/mol. The standard InChI is InChI=1S/C26H26F2N4O2/c1-30-21-11-10-18(13-20(21)27)22-23(28)25(26(33)32-12-4-5-19(29)14-32)31(2)24(22)17-8-6-16(7-9-17)15-34-3/h6-11,13,19H,4-5,12,14-15,29H2,2-3H3/t19-/m1/s1. The van der Waals surface area contributed by atoms with Crippen molar-refractivity contribution in [3.8, 4) is 22.4 Å². The van der Waals surface area contributed by atoms with Crippen molar-refractivity contribution in [3.05, 3.63) is 76.8 Å². The number of methoxy groups -OCH3 is 1. The molecule has 0 radical (unpaired) electrons. The van der Waals surface area contributed by atoms with Crippen LogP contribution >= 0.6 is 0 Å². The number of carbonyl (C=O) groups is 1. The zero-order valence-corrected chi connectivity index (χ0v) is 19.1. The molecular weight excluding hydrogens is 438 g/mol. The normalized spacial score (nSPS) is 15.9. The zero-order valence-electron chi connectivity index (χ0n) is 19.1. The summed E-state index contributed by atoms with van der Waals surface area (Å²) in [5.74, 6) is -1.92. The summed E-state index contributed by atoms with van der Waals surface area (Å²) in [5.41, 5.74) is 8.21. The number of likely N-dealkylation sites (tertiary alicyclic amines) is 1. The van der Waals surface area contributed by atoms with E-state index >= 15 is 4.39 Å². The van der Waals surface area contributed by atoms with Gasteiger partial charge in [-0.05, 0) is 35.6 Å². The average molecular weight is 465 g/mol. The Morgan fingerprint density at radius 3 is 2.53 bits per heavy atom. The van der Waals surface area contributed by atoms with Gasteiger partial charge in [0.15, 0.2) is 5.82 Å². The Labute approximate surface area is 197 Å². The number of carbonyl (C=O) groups excluding carboxylic acids is 1. The number of benzene rings is 2. The third kappa shape index (κ3) is 4.32. The second-order valence-electron chi connectivity index (χ2n) is 8.51. The van der Waals surface area contributed by atoms with Crippen LogP contribution in [0.1, 0.15) is 28.9 Å². The van der Waals surface area contributed by atoms with E-state index in [0.717, 1.165) is 24.5 Å². The largest absolute Gasteiger partial charge is 0.380 e. The van der Waals surface area contributed by atoms with Gasteiger partial charge in [0, 0.05) is 38.9 Å². The topological polar surface area (TPSA) is 64.8 Å². The molecule has 176 valence electrons. The van der Waals surface area contributed by atoms with Crippen LogP contribution in [0.5, 0.6) is 0 Å². The lowest BCUT2D eigenvalue weighted by molar-refractivity contribution is 0.0694. The minimum atomic E-state index is -0.743. The summed E-state index contributed by atoms with van der Waals surface area (Å²) in [7, 11) is 3.23. The fraction of sp³-hybridized carbons (Fsp3) is 0.308. The molecule has 0 bridgehead atoms. The smallest absolute Gasteiger partial charge is 0.273 e. The van der Waals surface area contributed by atoms with Gasteiger partial charge in [0.1, 0.15) is 11.5 Å². The maximum absolute atomic E-state index is 16.0. The Bertz CT molecular complexity index is 1260. The number of hydrogen-bond acceptors (Lipinski definition) is 3. The van der Waals surface area contributed by atoms with E-state index in [0.29, 0.717) is 31.0 Å². The molecule has 1 fully saturated rings. The molecule has 6 nitrogen and oxygen atoms in total. The van der Waals surface area contributed by atoms with E-state index in [9.17, 15) is 9.18 Å². The number of amides is 1. The molecule has 4 rings (SSSR count). The van der Waals surface area contributed by atoms with Crippen LogP contribution in [0.25, 0.3) is 27.2 Å². The maximum Gasteiger partial charge on any atom is 0.273 e. The van der Waals surface area contributed by atoms with E-state index in [4.69, 9.17) is 17.0 Å². The van der Waals surface area contributed by atoms with Crippen molar-refractivity contribution < 1.29 is 18.3 Å². The summed E-state index contributed by atoms with van der Waals surface area (Å²) in [6.07, 6.45) is 1.57. The second kappa shape index (κ2) is 9.75. The van der Waals surface area contributed by atoms with Gasteiger partial charge in [-0.25, -0.2) is 13.6 Å². The molecule has 3 aromatic rings. The minimum Gasteiger partial charge on any atom is -0.380 e. The fourth-order valence-electron chi connectivity index (χ4n) is 4.51. The lowest BCUT2D eigenvalue weighted by atomic mass is 9.99. The van der Waals surface area contributed by atoms with Crippen molar-refractivity contribution in [1.29, 1.82) is 0 Å². The SMILES string of the molecule is [C-]#[N+]c1ccc(-c2c(F)c(C(=O)N3CCC[C@@H](N)C3)n(C)c2-c2ccc(COC)cc2)cc1F. The average Bonchev–Trinajstić information content (AvgIpc) is 3.09. The van der Waals surface area contributed by atoms with Gasteiger partial charge in [-0.2, -0.15) is 0 Å². The first-order valence-corrected chi connectivity index (χ1v) is 11.0. The highest BCUT2D eigenvalue weighted by molar-refractivity contribution is 5.98. The first-order valence-electron chi connectivity index (χ1n) is 11.0. The molecule has 1 aliphatic rings. The number of aromatic nitrogens is 1. The van der Waals surface area contributed by atoms with Crippen LogP contribution < -0.4 is 5.73 Å². The van der Waals surface area contributed by atoms with Crippen LogP contribution in [-0.2, 0) is 18.4 Å². The van der Waals surface area contributed by atoms with E-state index in [1.54, 1.807) is 19.1 Å². The first kappa shape index (κ1) is 23.6. The molecule has 2 heterocycles. The molecule has 0 spiro atoms. The van der Waals surface area contributed by atoms with E-state index < -0.39 is 17.5 Å². The van der Waals surface area contributed by atoms with Gasteiger partial charge < -0.3 is 19.9 Å². The molecule has 1 amide bonds. The number of hydrogen-bond donors (Lipinski definition) is 1. The second-order valence-corrected chi connectivity index (χ2v) is 8.51. The van der Waals surface area contributed by atoms with E-state index in [1.165, 1.54) is 16.7 Å². The molecular formula is C26H26F2N4O2. The van der Waals surface area contributed by atoms with Crippen molar-refractivity contribution in [2.45, 2.75) is 25.5 Å². The summed E-state index contributed by atoms with van der Waals surface area (Å²) in [4.78, 5) is 18.1. The fourth-order valence-corrected chi connectivity index (χ4v) is 4.51. The summed E-state index contributed by atoms with van der Waals surface area (Å²) in [5, 5.41) is 0. The third-order valence-electron chi connectivity index (χ3n) is 6.18. The van der Waals surface area contributed by atoms with Crippen LogP contribution in [0.3, 0.4) is 0 Å². The molecule has 8 heteroatoms. The summed E-state index contributed by atoms with van der Waals surface area (Å²) < 4.78 is 37.2. The number of nitrogens with zero attached hydrogens (tertiary/aromatic N) is 3. The first-order chi connectivity index (χ1) is 16.3. The maximum atomic E-state index is 16.0. The van der Waals surface area contributed by atoms with Gasteiger partial charge in [-0.3, -0.25) is 4.79 Å². The van der Waals surface area contributed by atoms with Gasteiger partial charge in [0.2, 0.25) is 5.69 Å². The van der Waals surface area contributed by atoms with Gasteiger partial charge in [-0.1, -0.05) is 36.4 Å². The van der Waals surface area contributed by atoms with Crippen molar-refractivity contribution >= 4 is 11.6 Å². The highest BCUT2D eigenvalue weighted by Gasteiger charge is 2.32. The zero-order chi connectivity index (χ0) is 24.4. The van der Waals surface area contributed by atoms with Crippen molar-refractivity contribution in [1.82, 2.24) is 9.47 Å². The van der Waals surface area contributed by atoms with Gasteiger partial charge in [-0.15, -0.1) is 0 Å². The molecule has 0 aliphatic carbocycles. The quantitative estimate of drug-likeness (QED) is 0.547. The van der Waals surface area contributed by atoms with E-state index in [1.807, 2.05) is 24.3 Å². The molecule has 2 N–H and O–H groups in total. The molecule has 1 aliphatic heterocycles. The summed E-state index contributed by atoms with van der Waals surface area (Å²) in [6.45, 7) is 8.38. The van der Waals surface area contributed by atoms with Crippen LogP contribution in [0.4, 0.5) is 14.5 Å².